The van der Waals surface area contributed by atoms with E-state index in [4.69, 9.17) is 0 Å². The maximum atomic E-state index is 2.40. The van der Waals surface area contributed by atoms with Crippen molar-refractivity contribution in [3.05, 3.63) is 12.2 Å². The van der Waals surface area contributed by atoms with E-state index in [1.165, 1.54) is 77.0 Å². The van der Waals surface area contributed by atoms with Crippen LogP contribution in [0.25, 0.3) is 0 Å². The third-order valence-electron chi connectivity index (χ3n) is 3.54. The van der Waals surface area contributed by atoms with Gasteiger partial charge in [-0.25, -0.2) is 0 Å². The summed E-state index contributed by atoms with van der Waals surface area (Å²) in [5, 5.41) is 0. The second kappa shape index (κ2) is 14.8. The molecule has 0 spiro atoms. The molecule has 0 aliphatic heterocycles. The van der Waals surface area contributed by atoms with E-state index < -0.39 is 0 Å². The van der Waals surface area contributed by atoms with Crippen LogP contribution in [0.2, 0.25) is 0 Å². The van der Waals surface area contributed by atoms with E-state index in [9.17, 15) is 0 Å². The molecule has 0 rings (SSSR count). The first-order chi connectivity index (χ1) is 8.77. The van der Waals surface area contributed by atoms with Crippen LogP contribution >= 0.6 is 0 Å². The number of hydrogen-bond donors (Lipinski definition) is 0. The van der Waals surface area contributed by atoms with Crippen LogP contribution in [0.1, 0.15) is 97.8 Å². The lowest BCUT2D eigenvalue weighted by molar-refractivity contribution is 0.512. The van der Waals surface area contributed by atoms with Gasteiger partial charge in [-0.1, -0.05) is 84.3 Å². The molecular formula is C18H36. The van der Waals surface area contributed by atoms with E-state index in [0.717, 1.165) is 5.92 Å². The van der Waals surface area contributed by atoms with Gasteiger partial charge in [0.15, 0.2) is 0 Å². The zero-order chi connectivity index (χ0) is 13.5. The molecule has 108 valence electrons. The Morgan fingerprint density at radius 3 is 1.72 bits per heavy atom. The Morgan fingerprint density at radius 2 is 1.17 bits per heavy atom. The number of rotatable bonds is 13. The molecule has 0 fully saturated rings. The van der Waals surface area contributed by atoms with Gasteiger partial charge in [0, 0.05) is 0 Å². The highest BCUT2D eigenvalue weighted by Gasteiger charge is 1.94. The maximum absolute atomic E-state index is 2.40. The highest BCUT2D eigenvalue weighted by Crippen LogP contribution is 2.12. The minimum absolute atomic E-state index is 0.892. The Labute approximate surface area is 116 Å². The summed E-state index contributed by atoms with van der Waals surface area (Å²) in [5.74, 6) is 0.892. The summed E-state index contributed by atoms with van der Waals surface area (Å²) in [6, 6.07) is 0. The van der Waals surface area contributed by atoms with Crippen LogP contribution in [-0.2, 0) is 0 Å². The fourth-order valence-electron chi connectivity index (χ4n) is 2.27. The van der Waals surface area contributed by atoms with Crippen molar-refractivity contribution >= 4 is 0 Å². The normalized spacial score (nSPS) is 11.8. The van der Waals surface area contributed by atoms with Crippen molar-refractivity contribution in [3.8, 4) is 0 Å². The van der Waals surface area contributed by atoms with Gasteiger partial charge in [-0.15, -0.1) is 0 Å². The van der Waals surface area contributed by atoms with E-state index >= 15 is 0 Å². The summed E-state index contributed by atoms with van der Waals surface area (Å²) in [4.78, 5) is 0. The number of allylic oxidation sites excluding steroid dienone is 2. The standard InChI is InChI=1S/C18H36/c1-4-5-6-7-8-9-10-11-12-13-14-15-16-17-18(2)3/h8-9,18H,4-7,10-17H2,1-3H3. The summed E-state index contributed by atoms with van der Waals surface area (Å²) >= 11 is 0. The minimum Gasteiger partial charge on any atom is -0.0885 e. The van der Waals surface area contributed by atoms with Crippen LogP contribution in [0.5, 0.6) is 0 Å². The average Bonchev–Trinajstić information content (AvgIpc) is 2.34. The van der Waals surface area contributed by atoms with Gasteiger partial charge in [-0.2, -0.15) is 0 Å². The largest absolute Gasteiger partial charge is 0.0885 e. The van der Waals surface area contributed by atoms with Gasteiger partial charge in [0.1, 0.15) is 0 Å². The molecule has 0 heterocycles. The van der Waals surface area contributed by atoms with Crippen molar-refractivity contribution in [2.75, 3.05) is 0 Å². The third kappa shape index (κ3) is 15.7. The summed E-state index contributed by atoms with van der Waals surface area (Å²) in [7, 11) is 0. The minimum atomic E-state index is 0.892. The zero-order valence-electron chi connectivity index (χ0n) is 13.2. The fraction of sp³-hybridized carbons (Fsp3) is 0.889. The molecule has 0 aromatic heterocycles. The molecule has 0 bridgehead atoms. The average molecular weight is 252 g/mol. The quantitative estimate of drug-likeness (QED) is 0.247. The molecular weight excluding hydrogens is 216 g/mol. The van der Waals surface area contributed by atoms with Crippen LogP contribution in [0.4, 0.5) is 0 Å². The Kier molecular flexibility index (Phi) is 14.6. The monoisotopic (exact) mass is 252 g/mol. The molecule has 0 nitrogen and oxygen atoms in total. The van der Waals surface area contributed by atoms with Crippen LogP contribution in [0.3, 0.4) is 0 Å². The van der Waals surface area contributed by atoms with Crippen molar-refractivity contribution in [2.45, 2.75) is 97.8 Å². The van der Waals surface area contributed by atoms with Gasteiger partial charge in [-0.05, 0) is 31.6 Å². The predicted octanol–water partition coefficient (Wildman–Crippen LogP) is 6.90. The van der Waals surface area contributed by atoms with Crippen molar-refractivity contribution in [2.24, 2.45) is 5.92 Å². The molecule has 0 amide bonds. The first kappa shape index (κ1) is 17.7. The van der Waals surface area contributed by atoms with Crippen LogP contribution < -0.4 is 0 Å². The van der Waals surface area contributed by atoms with Crippen molar-refractivity contribution in [1.29, 1.82) is 0 Å². The Hall–Kier alpha value is -0.260. The maximum Gasteiger partial charge on any atom is -0.0351 e. The number of hydrogen-bond acceptors (Lipinski definition) is 0. The van der Waals surface area contributed by atoms with Crippen LogP contribution in [0.15, 0.2) is 12.2 Å². The molecule has 0 aliphatic rings. The first-order valence-corrected chi connectivity index (χ1v) is 8.42. The molecule has 0 aromatic rings. The van der Waals surface area contributed by atoms with E-state index in [2.05, 4.69) is 32.9 Å². The van der Waals surface area contributed by atoms with Gasteiger partial charge >= 0.3 is 0 Å². The molecule has 0 radical (unpaired) electrons. The highest BCUT2D eigenvalue weighted by molar-refractivity contribution is 4.81. The van der Waals surface area contributed by atoms with Crippen LogP contribution in [-0.4, -0.2) is 0 Å². The second-order valence-electron chi connectivity index (χ2n) is 6.06. The van der Waals surface area contributed by atoms with E-state index in [1.54, 1.807) is 0 Å². The van der Waals surface area contributed by atoms with Gasteiger partial charge in [0.2, 0.25) is 0 Å². The lowest BCUT2D eigenvalue weighted by atomic mass is 10.0. The molecule has 0 atom stereocenters. The topological polar surface area (TPSA) is 0 Å². The summed E-state index contributed by atoms with van der Waals surface area (Å²) in [6.45, 7) is 6.92. The molecule has 0 aromatic carbocycles. The zero-order valence-corrected chi connectivity index (χ0v) is 13.2. The Balaban J connectivity index is 3.02. The molecule has 18 heavy (non-hydrogen) atoms. The first-order valence-electron chi connectivity index (χ1n) is 8.42. The highest BCUT2D eigenvalue weighted by atomic mass is 14.0. The van der Waals surface area contributed by atoms with E-state index in [-0.39, 0.29) is 0 Å². The lowest BCUT2D eigenvalue weighted by Crippen LogP contribution is -1.87. The third-order valence-corrected chi connectivity index (χ3v) is 3.54. The van der Waals surface area contributed by atoms with Crippen LogP contribution in [0, 0.1) is 5.92 Å². The van der Waals surface area contributed by atoms with E-state index in [1.807, 2.05) is 0 Å². The lowest BCUT2D eigenvalue weighted by Gasteiger charge is -2.03. The van der Waals surface area contributed by atoms with Gasteiger partial charge in [0.05, 0.1) is 0 Å². The molecule has 0 saturated carbocycles. The SMILES string of the molecule is CCCCCC=CCCCCCCCCC(C)C. The van der Waals surface area contributed by atoms with Crippen molar-refractivity contribution < 1.29 is 0 Å². The van der Waals surface area contributed by atoms with Crippen molar-refractivity contribution in [3.63, 3.8) is 0 Å². The molecule has 0 aliphatic carbocycles. The van der Waals surface area contributed by atoms with Gasteiger partial charge in [0.25, 0.3) is 0 Å². The number of unbranched alkanes of at least 4 members (excludes halogenated alkanes) is 9. The van der Waals surface area contributed by atoms with Gasteiger partial charge < -0.3 is 0 Å². The molecule has 0 heteroatoms. The Bertz CT molecular complexity index is 167. The molecule has 0 saturated heterocycles. The second-order valence-corrected chi connectivity index (χ2v) is 6.06. The smallest absolute Gasteiger partial charge is 0.0351 e. The summed E-state index contributed by atoms with van der Waals surface area (Å²) in [5.41, 5.74) is 0. The predicted molar refractivity (Wildman–Crippen MR) is 85.1 cm³/mol. The van der Waals surface area contributed by atoms with E-state index in [0.29, 0.717) is 0 Å². The fourth-order valence-corrected chi connectivity index (χ4v) is 2.27. The van der Waals surface area contributed by atoms with Gasteiger partial charge in [-0.3, -0.25) is 0 Å². The van der Waals surface area contributed by atoms with Crippen molar-refractivity contribution in [1.82, 2.24) is 0 Å². The molecule has 0 N–H and O–H groups in total. The summed E-state index contributed by atoms with van der Waals surface area (Å²) < 4.78 is 0. The Morgan fingerprint density at radius 1 is 0.667 bits per heavy atom. The summed E-state index contributed by atoms with van der Waals surface area (Å²) in [6.07, 6.45) is 21.5. The molecule has 0 unspecified atom stereocenters.